The van der Waals surface area contributed by atoms with Gasteiger partial charge < -0.3 is 15.4 Å². The van der Waals surface area contributed by atoms with Crippen molar-refractivity contribution in [3.8, 4) is 5.69 Å². The summed E-state index contributed by atoms with van der Waals surface area (Å²) in [4.78, 5) is 17.1. The first-order chi connectivity index (χ1) is 12.1. The molecule has 2 rings (SSSR count). The van der Waals surface area contributed by atoms with Crippen molar-refractivity contribution in [2.24, 2.45) is 0 Å². The number of imidazole rings is 1. The number of aromatic nitrogens is 2. The molecule has 1 heterocycles. The molecule has 0 unspecified atom stereocenters. The summed E-state index contributed by atoms with van der Waals surface area (Å²) in [5.41, 5.74) is 1.13. The summed E-state index contributed by atoms with van der Waals surface area (Å²) in [5, 5.41) is 6.95. The van der Waals surface area contributed by atoms with Crippen LogP contribution in [0.25, 0.3) is 5.69 Å². The highest BCUT2D eigenvalue weighted by atomic mass is 32.2. The summed E-state index contributed by atoms with van der Waals surface area (Å²) < 4.78 is 6.99. The van der Waals surface area contributed by atoms with Crippen molar-refractivity contribution < 1.29 is 9.53 Å². The van der Waals surface area contributed by atoms with Crippen LogP contribution in [0.3, 0.4) is 0 Å². The Morgan fingerprint density at radius 1 is 1.44 bits per heavy atom. The summed E-state index contributed by atoms with van der Waals surface area (Å²) in [7, 11) is 0. The van der Waals surface area contributed by atoms with Crippen LogP contribution in [0.15, 0.2) is 48.1 Å². The van der Waals surface area contributed by atoms with Gasteiger partial charge in [0.2, 0.25) is 0 Å². The smallest absolute Gasteiger partial charge is 0.359 e. The van der Waals surface area contributed by atoms with Crippen LogP contribution in [0.4, 0.5) is 5.82 Å². The first-order valence-corrected chi connectivity index (χ1v) is 9.30. The lowest BCUT2D eigenvalue weighted by Crippen LogP contribution is -2.29. The molecular weight excluding hydrogens is 356 g/mol. The normalized spacial score (nSPS) is 10.2. The van der Waals surface area contributed by atoms with Gasteiger partial charge in [0.1, 0.15) is 0 Å². The molecule has 0 bridgehead atoms. The third kappa shape index (κ3) is 4.61. The van der Waals surface area contributed by atoms with E-state index in [-0.39, 0.29) is 6.61 Å². The van der Waals surface area contributed by atoms with Gasteiger partial charge in [-0.3, -0.25) is 4.57 Å². The van der Waals surface area contributed by atoms with E-state index < -0.39 is 5.97 Å². The number of para-hydroxylation sites is 1. The molecule has 0 fully saturated rings. The summed E-state index contributed by atoms with van der Waals surface area (Å²) in [6.45, 7) is 6.18. The number of thioether (sulfide) groups is 1. The molecule has 1 aromatic heterocycles. The van der Waals surface area contributed by atoms with Gasteiger partial charge in [-0.25, -0.2) is 9.78 Å². The summed E-state index contributed by atoms with van der Waals surface area (Å²) in [5.74, 6) is -0.110. The highest BCUT2D eigenvalue weighted by molar-refractivity contribution is 7.98. The number of benzene rings is 1. The van der Waals surface area contributed by atoms with E-state index in [1.165, 1.54) is 11.8 Å². The van der Waals surface area contributed by atoms with Crippen LogP contribution in [0.1, 0.15) is 17.4 Å². The quantitative estimate of drug-likeness (QED) is 0.333. The zero-order chi connectivity index (χ0) is 18.2. The number of anilines is 1. The topological polar surface area (TPSA) is 68.2 Å². The fourth-order valence-corrected chi connectivity index (χ4v) is 2.89. The van der Waals surface area contributed by atoms with E-state index in [1.54, 1.807) is 17.6 Å². The predicted octanol–water partition coefficient (Wildman–Crippen LogP) is 3.24. The van der Waals surface area contributed by atoms with E-state index in [1.807, 2.05) is 36.6 Å². The Kier molecular flexibility index (Phi) is 7.03. The van der Waals surface area contributed by atoms with Gasteiger partial charge in [0, 0.05) is 12.2 Å². The van der Waals surface area contributed by atoms with Crippen LogP contribution in [0.2, 0.25) is 0 Å². The second-order valence-electron chi connectivity index (χ2n) is 4.81. The molecule has 0 saturated carbocycles. The average Bonchev–Trinajstić information content (AvgIpc) is 2.99. The summed E-state index contributed by atoms with van der Waals surface area (Å²) in [6, 6.07) is 9.52. The van der Waals surface area contributed by atoms with E-state index in [4.69, 9.17) is 17.0 Å². The van der Waals surface area contributed by atoms with Gasteiger partial charge in [0.25, 0.3) is 0 Å². The van der Waals surface area contributed by atoms with Crippen LogP contribution >= 0.6 is 24.0 Å². The third-order valence-electron chi connectivity index (χ3n) is 3.15. The van der Waals surface area contributed by atoms with Gasteiger partial charge >= 0.3 is 5.97 Å². The van der Waals surface area contributed by atoms with Gasteiger partial charge in [-0.1, -0.05) is 36.0 Å². The molecule has 2 aromatic rings. The highest BCUT2D eigenvalue weighted by Crippen LogP contribution is 2.28. The largest absolute Gasteiger partial charge is 0.461 e. The number of rotatable bonds is 7. The lowest BCUT2D eigenvalue weighted by atomic mass is 10.3. The molecule has 0 aliphatic rings. The molecule has 0 saturated heterocycles. The second-order valence-corrected chi connectivity index (χ2v) is 5.99. The third-order valence-corrected chi connectivity index (χ3v) is 4.04. The Morgan fingerprint density at radius 2 is 2.16 bits per heavy atom. The number of nitrogens with one attached hydrogen (secondary N) is 2. The number of nitrogens with zero attached hydrogens (tertiary/aromatic N) is 2. The molecule has 0 aliphatic heterocycles. The van der Waals surface area contributed by atoms with Crippen molar-refractivity contribution in [2.75, 3.05) is 24.7 Å². The molecule has 2 N–H and O–H groups in total. The maximum Gasteiger partial charge on any atom is 0.359 e. The molecule has 1 aromatic carbocycles. The van der Waals surface area contributed by atoms with Gasteiger partial charge in [0.15, 0.2) is 21.8 Å². The van der Waals surface area contributed by atoms with Crippen molar-refractivity contribution in [2.45, 2.75) is 12.1 Å². The standard InChI is InChI=1S/C17H20N4O2S2/c1-4-11-18-16(24)19-14-13(15(22)23-5-2)21(17(20-14)25-3)12-9-7-6-8-10-12/h4,6-10H,1,5,11H2,2-3H3,(H2,18,19,24). The van der Waals surface area contributed by atoms with Crippen molar-refractivity contribution in [1.82, 2.24) is 14.9 Å². The Labute approximate surface area is 156 Å². The molecule has 8 heteroatoms. The Morgan fingerprint density at radius 3 is 2.76 bits per heavy atom. The minimum Gasteiger partial charge on any atom is -0.461 e. The maximum absolute atomic E-state index is 12.6. The zero-order valence-corrected chi connectivity index (χ0v) is 15.7. The van der Waals surface area contributed by atoms with E-state index in [2.05, 4.69) is 22.2 Å². The number of hydrogen-bond acceptors (Lipinski definition) is 5. The Hall–Kier alpha value is -2.32. The van der Waals surface area contributed by atoms with Gasteiger partial charge in [-0.2, -0.15) is 0 Å². The SMILES string of the molecule is C=CCNC(=S)Nc1nc(SC)n(-c2ccccc2)c1C(=O)OCC. The number of carbonyl (C=O) groups excluding carboxylic acids is 1. The number of esters is 1. The molecule has 132 valence electrons. The maximum atomic E-state index is 12.6. The summed E-state index contributed by atoms with van der Waals surface area (Å²) in [6.07, 6.45) is 3.59. The van der Waals surface area contributed by atoms with Crippen LogP contribution in [-0.2, 0) is 4.74 Å². The van der Waals surface area contributed by atoms with Crippen LogP contribution in [0.5, 0.6) is 0 Å². The first kappa shape index (κ1) is 19.0. The minimum atomic E-state index is -0.465. The molecule has 25 heavy (non-hydrogen) atoms. The minimum absolute atomic E-state index is 0.270. The number of thiocarbonyl (C=S) groups is 1. The number of ether oxygens (including phenoxy) is 1. The molecule has 0 atom stereocenters. The molecule has 0 aliphatic carbocycles. The molecule has 0 spiro atoms. The molecule has 6 nitrogen and oxygen atoms in total. The predicted molar refractivity (Wildman–Crippen MR) is 106 cm³/mol. The lowest BCUT2D eigenvalue weighted by molar-refractivity contribution is 0.0517. The number of carbonyl (C=O) groups is 1. The fourth-order valence-electron chi connectivity index (χ4n) is 2.14. The number of hydrogen-bond donors (Lipinski definition) is 2. The van der Waals surface area contributed by atoms with Crippen molar-refractivity contribution in [1.29, 1.82) is 0 Å². The van der Waals surface area contributed by atoms with Crippen LogP contribution in [0, 0.1) is 0 Å². The van der Waals surface area contributed by atoms with Gasteiger partial charge in [0.05, 0.1) is 6.61 Å². The fraction of sp³-hybridized carbons (Fsp3) is 0.235. The van der Waals surface area contributed by atoms with E-state index in [0.29, 0.717) is 28.3 Å². The Bertz CT molecular complexity index is 760. The second kappa shape index (κ2) is 9.24. The molecular formula is C17H20N4O2S2. The lowest BCUT2D eigenvalue weighted by Gasteiger charge is -2.12. The van der Waals surface area contributed by atoms with Gasteiger partial charge in [-0.15, -0.1) is 6.58 Å². The van der Waals surface area contributed by atoms with Crippen molar-refractivity contribution >= 4 is 40.9 Å². The van der Waals surface area contributed by atoms with E-state index in [0.717, 1.165) is 5.69 Å². The monoisotopic (exact) mass is 376 g/mol. The summed E-state index contributed by atoms with van der Waals surface area (Å²) >= 11 is 6.67. The van der Waals surface area contributed by atoms with Crippen molar-refractivity contribution in [3.63, 3.8) is 0 Å². The van der Waals surface area contributed by atoms with Crippen molar-refractivity contribution in [3.05, 3.63) is 48.7 Å². The van der Waals surface area contributed by atoms with Gasteiger partial charge in [-0.05, 0) is 37.5 Å². The van der Waals surface area contributed by atoms with Crippen LogP contribution in [-0.4, -0.2) is 40.0 Å². The van der Waals surface area contributed by atoms with E-state index in [9.17, 15) is 4.79 Å². The highest BCUT2D eigenvalue weighted by Gasteiger charge is 2.25. The van der Waals surface area contributed by atoms with Crippen LogP contribution < -0.4 is 10.6 Å². The zero-order valence-electron chi connectivity index (χ0n) is 14.1. The molecule has 0 amide bonds. The Balaban J connectivity index is 2.51. The van der Waals surface area contributed by atoms with E-state index >= 15 is 0 Å². The molecule has 0 radical (unpaired) electrons. The average molecular weight is 377 g/mol. The first-order valence-electron chi connectivity index (χ1n) is 7.67.